The van der Waals surface area contributed by atoms with E-state index in [1.807, 2.05) is 60.7 Å². The van der Waals surface area contributed by atoms with Crippen molar-refractivity contribution in [1.29, 1.82) is 0 Å². The van der Waals surface area contributed by atoms with Crippen molar-refractivity contribution in [3.8, 4) is 5.75 Å². The zero-order chi connectivity index (χ0) is 30.4. The molecule has 0 radical (unpaired) electrons. The smallest absolute Gasteiger partial charge is 0.326 e. The summed E-state index contributed by atoms with van der Waals surface area (Å²) in [5.41, 5.74) is 3.08. The summed E-state index contributed by atoms with van der Waals surface area (Å²) in [6, 6.07) is 31.8. The molecule has 0 saturated heterocycles. The monoisotopic (exact) mass is 576 g/mol. The van der Waals surface area contributed by atoms with Gasteiger partial charge in [0, 0.05) is 41.9 Å². The summed E-state index contributed by atoms with van der Waals surface area (Å²) in [4.78, 5) is 39.8. The number of carbonyl (C=O) groups excluding carboxylic acids is 2. The Morgan fingerprint density at radius 2 is 1.51 bits per heavy atom. The Morgan fingerprint density at radius 1 is 0.860 bits per heavy atom. The molecule has 7 nitrogen and oxygen atoms in total. The van der Waals surface area contributed by atoms with Gasteiger partial charge in [0.25, 0.3) is 0 Å². The van der Waals surface area contributed by atoms with Crippen LogP contribution < -0.4 is 15.0 Å². The third-order valence-electron chi connectivity index (χ3n) is 6.92. The van der Waals surface area contributed by atoms with Crippen LogP contribution >= 0.6 is 0 Å². The average Bonchev–Trinajstić information content (AvgIpc) is 3.04. The first kappa shape index (κ1) is 30.8. The van der Waals surface area contributed by atoms with Gasteiger partial charge in [0.05, 0.1) is 6.61 Å². The molecule has 4 aromatic rings. The topological polar surface area (TPSA) is 95.9 Å². The Labute approximate surface area is 252 Å². The van der Waals surface area contributed by atoms with E-state index in [1.165, 1.54) is 0 Å². The normalized spacial score (nSPS) is 11.3. The fraction of sp³-hybridized carbons (Fsp3) is 0.194. The van der Waals surface area contributed by atoms with Gasteiger partial charge in [-0.05, 0) is 54.8 Å². The number of carboxylic acids is 1. The number of ketones is 1. The molecule has 0 fully saturated rings. The van der Waals surface area contributed by atoms with E-state index < -0.39 is 12.0 Å². The number of anilines is 2. The SMILES string of the molecule is C=CCCC(=O)N(CCCOc1ccc(C[C@H](Nc2ccccc2C(=O)c2ccccc2)C(=O)O)cc1)c1ccccc1. The second-order valence-electron chi connectivity index (χ2n) is 10.0. The molecule has 0 saturated carbocycles. The number of nitrogens with zero attached hydrogens (tertiary/aromatic N) is 1. The Balaban J connectivity index is 1.33. The van der Waals surface area contributed by atoms with Crippen molar-refractivity contribution < 1.29 is 24.2 Å². The molecule has 1 amide bonds. The first-order valence-corrected chi connectivity index (χ1v) is 14.3. The molecule has 2 N–H and O–H groups in total. The van der Waals surface area contributed by atoms with Gasteiger partial charge in [-0.25, -0.2) is 4.79 Å². The van der Waals surface area contributed by atoms with Crippen LogP contribution in [0.1, 0.15) is 40.7 Å². The Hall–Kier alpha value is -5.17. The second-order valence-corrected chi connectivity index (χ2v) is 10.0. The van der Waals surface area contributed by atoms with E-state index in [-0.39, 0.29) is 18.1 Å². The van der Waals surface area contributed by atoms with Gasteiger partial charge in [-0.2, -0.15) is 0 Å². The number of benzene rings is 4. The van der Waals surface area contributed by atoms with Crippen LogP contribution in [0.15, 0.2) is 122 Å². The highest BCUT2D eigenvalue weighted by Gasteiger charge is 2.21. The number of allylic oxidation sites excluding steroid dienone is 1. The number of para-hydroxylation sites is 2. The second kappa shape index (κ2) is 15.7. The summed E-state index contributed by atoms with van der Waals surface area (Å²) in [5, 5.41) is 13.0. The van der Waals surface area contributed by atoms with Crippen molar-refractivity contribution in [1.82, 2.24) is 0 Å². The van der Waals surface area contributed by atoms with Gasteiger partial charge in [0.2, 0.25) is 5.91 Å². The minimum atomic E-state index is -1.02. The number of ether oxygens (including phenoxy) is 1. The molecule has 4 aromatic carbocycles. The first-order valence-electron chi connectivity index (χ1n) is 14.3. The summed E-state index contributed by atoms with van der Waals surface area (Å²) in [5.74, 6) is -0.494. The Morgan fingerprint density at radius 3 is 2.19 bits per heavy atom. The lowest BCUT2D eigenvalue weighted by atomic mass is 10.00. The molecule has 0 aliphatic carbocycles. The quantitative estimate of drug-likeness (QED) is 0.0866. The zero-order valence-electron chi connectivity index (χ0n) is 24.0. The lowest BCUT2D eigenvalue weighted by molar-refractivity contribution is -0.137. The van der Waals surface area contributed by atoms with Gasteiger partial charge >= 0.3 is 5.97 Å². The summed E-state index contributed by atoms with van der Waals surface area (Å²) in [6.45, 7) is 4.65. The molecule has 0 bridgehead atoms. The predicted molar refractivity (Wildman–Crippen MR) is 170 cm³/mol. The van der Waals surface area contributed by atoms with Crippen LogP contribution in [0.5, 0.6) is 5.75 Å². The largest absolute Gasteiger partial charge is 0.494 e. The van der Waals surface area contributed by atoms with E-state index >= 15 is 0 Å². The number of aliphatic carboxylic acids is 1. The predicted octanol–water partition coefficient (Wildman–Crippen LogP) is 6.79. The van der Waals surface area contributed by atoms with E-state index in [1.54, 1.807) is 59.5 Å². The number of carbonyl (C=O) groups is 3. The fourth-order valence-corrected chi connectivity index (χ4v) is 4.68. The summed E-state index contributed by atoms with van der Waals surface area (Å²) in [7, 11) is 0. The highest BCUT2D eigenvalue weighted by atomic mass is 16.5. The van der Waals surface area contributed by atoms with Gasteiger partial charge in [-0.15, -0.1) is 6.58 Å². The average molecular weight is 577 g/mol. The van der Waals surface area contributed by atoms with Crippen molar-refractivity contribution in [2.24, 2.45) is 0 Å². The number of amides is 1. The van der Waals surface area contributed by atoms with Crippen LogP contribution in [-0.2, 0) is 16.0 Å². The van der Waals surface area contributed by atoms with E-state index in [0.29, 0.717) is 55.0 Å². The maximum atomic E-state index is 13.1. The fourth-order valence-electron chi connectivity index (χ4n) is 4.68. The number of nitrogens with one attached hydrogen (secondary N) is 1. The van der Waals surface area contributed by atoms with Crippen LogP contribution in [0.4, 0.5) is 11.4 Å². The van der Waals surface area contributed by atoms with Gasteiger partial charge < -0.3 is 20.1 Å². The minimum absolute atomic E-state index is 0.0455. The van der Waals surface area contributed by atoms with Crippen molar-refractivity contribution >= 4 is 29.0 Å². The molecule has 4 rings (SSSR count). The van der Waals surface area contributed by atoms with Gasteiger partial charge in [-0.3, -0.25) is 9.59 Å². The van der Waals surface area contributed by atoms with E-state index in [9.17, 15) is 19.5 Å². The molecule has 220 valence electrons. The molecule has 0 aliphatic heterocycles. The lowest BCUT2D eigenvalue weighted by Gasteiger charge is -2.23. The highest BCUT2D eigenvalue weighted by molar-refractivity contribution is 6.12. The number of hydrogen-bond donors (Lipinski definition) is 2. The maximum Gasteiger partial charge on any atom is 0.326 e. The third-order valence-corrected chi connectivity index (χ3v) is 6.92. The number of carboxylic acid groups (broad SMARTS) is 1. The lowest BCUT2D eigenvalue weighted by Crippen LogP contribution is -2.32. The van der Waals surface area contributed by atoms with Crippen LogP contribution in [-0.4, -0.2) is 42.0 Å². The van der Waals surface area contributed by atoms with Gasteiger partial charge in [0.15, 0.2) is 5.78 Å². The van der Waals surface area contributed by atoms with Crippen LogP contribution in [0, 0.1) is 0 Å². The summed E-state index contributed by atoms with van der Waals surface area (Å²) in [6.07, 6.45) is 3.63. The standard InChI is InChI=1S/C36H36N2O5/c1-2-3-19-34(39)38(29-15-8-5-9-16-29)24-12-25-43-30-22-20-27(21-23-30)26-33(36(41)42)37-32-18-11-10-17-31(32)35(40)28-13-6-4-7-14-28/h2,4-11,13-18,20-23,33,37H,1,3,12,19,24-26H2,(H,41,42)/t33-/m0/s1. The van der Waals surface area contributed by atoms with E-state index in [2.05, 4.69) is 11.9 Å². The van der Waals surface area contributed by atoms with Crippen LogP contribution in [0.3, 0.4) is 0 Å². The molecule has 7 heteroatoms. The molecular formula is C36H36N2O5. The van der Waals surface area contributed by atoms with Gasteiger partial charge in [-0.1, -0.05) is 78.9 Å². The molecule has 0 spiro atoms. The maximum absolute atomic E-state index is 13.1. The summed E-state index contributed by atoms with van der Waals surface area (Å²) >= 11 is 0. The molecular weight excluding hydrogens is 540 g/mol. The van der Waals surface area contributed by atoms with Crippen LogP contribution in [0.2, 0.25) is 0 Å². The molecule has 0 aliphatic rings. The molecule has 0 unspecified atom stereocenters. The van der Waals surface area contributed by atoms with Crippen molar-refractivity contribution in [2.45, 2.75) is 31.7 Å². The van der Waals surface area contributed by atoms with E-state index in [4.69, 9.17) is 4.74 Å². The van der Waals surface area contributed by atoms with Gasteiger partial charge in [0.1, 0.15) is 11.8 Å². The van der Waals surface area contributed by atoms with Crippen molar-refractivity contribution in [2.75, 3.05) is 23.4 Å². The Bertz CT molecular complexity index is 1500. The molecule has 43 heavy (non-hydrogen) atoms. The number of rotatable bonds is 16. The minimum Gasteiger partial charge on any atom is -0.494 e. The van der Waals surface area contributed by atoms with E-state index in [0.717, 1.165) is 11.3 Å². The Kier molecular flexibility index (Phi) is 11.3. The zero-order valence-corrected chi connectivity index (χ0v) is 24.0. The molecule has 1 atom stereocenters. The first-order chi connectivity index (χ1) is 21.0. The highest BCUT2D eigenvalue weighted by Crippen LogP contribution is 2.22. The molecule has 0 aromatic heterocycles. The third kappa shape index (κ3) is 8.91. The summed E-state index contributed by atoms with van der Waals surface area (Å²) < 4.78 is 5.92. The molecule has 0 heterocycles. The van der Waals surface area contributed by atoms with Crippen LogP contribution in [0.25, 0.3) is 0 Å². The van der Waals surface area contributed by atoms with Crippen molar-refractivity contribution in [3.63, 3.8) is 0 Å². The number of hydrogen-bond acceptors (Lipinski definition) is 5. The van der Waals surface area contributed by atoms with Crippen molar-refractivity contribution in [3.05, 3.63) is 139 Å².